The molecule has 0 saturated carbocycles. The van der Waals surface area contributed by atoms with E-state index in [4.69, 9.17) is 9.47 Å². The fourth-order valence-electron chi connectivity index (χ4n) is 2.22. The van der Waals surface area contributed by atoms with Crippen molar-refractivity contribution in [3.63, 3.8) is 0 Å². The van der Waals surface area contributed by atoms with Crippen molar-refractivity contribution in [2.45, 2.75) is 19.8 Å². The molecule has 0 heterocycles. The second kappa shape index (κ2) is 8.98. The molecule has 25 heavy (non-hydrogen) atoms. The summed E-state index contributed by atoms with van der Waals surface area (Å²) in [6.07, 6.45) is 0. The van der Waals surface area contributed by atoms with Crippen LogP contribution in [0.25, 0.3) is 0 Å². The van der Waals surface area contributed by atoms with Crippen molar-refractivity contribution in [2.24, 2.45) is 0 Å². The number of benzene rings is 2. The van der Waals surface area contributed by atoms with Crippen LogP contribution in [0, 0.1) is 0 Å². The molecule has 0 saturated heterocycles. The van der Waals surface area contributed by atoms with Crippen molar-refractivity contribution in [1.29, 1.82) is 0 Å². The first-order valence-electron chi connectivity index (χ1n) is 7.51. The summed E-state index contributed by atoms with van der Waals surface area (Å²) in [6, 6.07) is 11.6. The van der Waals surface area contributed by atoms with Crippen LogP contribution >= 0.6 is 0 Å². The average Bonchev–Trinajstić information content (AvgIpc) is 2.60. The standard InChI is InChI=1S/C18H19F2NO4/c1-23-11-12-3-6-14(7-4-12)17(22)21-10-13-5-8-15(24-2)16(9-13)25-18(19)20/h3-9,18H,10-11H2,1-2H3,(H,21,22). The van der Waals surface area contributed by atoms with Crippen LogP contribution in [0.15, 0.2) is 42.5 Å². The molecular weight excluding hydrogens is 332 g/mol. The minimum atomic E-state index is -2.95. The fraction of sp³-hybridized carbons (Fsp3) is 0.278. The molecule has 0 aliphatic carbocycles. The van der Waals surface area contributed by atoms with Crippen LogP contribution in [0.5, 0.6) is 11.5 Å². The van der Waals surface area contributed by atoms with Gasteiger partial charge in [-0.2, -0.15) is 8.78 Å². The zero-order chi connectivity index (χ0) is 18.2. The highest BCUT2D eigenvalue weighted by Gasteiger charge is 2.12. The Morgan fingerprint density at radius 2 is 1.72 bits per heavy atom. The van der Waals surface area contributed by atoms with Crippen LogP contribution in [0.2, 0.25) is 0 Å². The zero-order valence-corrected chi connectivity index (χ0v) is 13.9. The normalized spacial score (nSPS) is 10.6. The number of alkyl halides is 2. The highest BCUT2D eigenvalue weighted by Crippen LogP contribution is 2.29. The number of amides is 1. The molecule has 7 heteroatoms. The van der Waals surface area contributed by atoms with Crippen LogP contribution in [0.3, 0.4) is 0 Å². The smallest absolute Gasteiger partial charge is 0.387 e. The van der Waals surface area contributed by atoms with Gasteiger partial charge in [0.25, 0.3) is 5.91 Å². The summed E-state index contributed by atoms with van der Waals surface area (Å²) in [5.74, 6) is -0.145. The number of hydrogen-bond donors (Lipinski definition) is 1. The summed E-state index contributed by atoms with van der Waals surface area (Å²) < 4.78 is 39.3. The maximum atomic E-state index is 12.4. The third-order valence-corrected chi connectivity index (χ3v) is 3.42. The zero-order valence-electron chi connectivity index (χ0n) is 13.9. The first kappa shape index (κ1) is 18.7. The third-order valence-electron chi connectivity index (χ3n) is 3.42. The Bertz CT molecular complexity index is 705. The first-order chi connectivity index (χ1) is 12.0. The Balaban J connectivity index is 2.01. The minimum absolute atomic E-state index is 0.0758. The van der Waals surface area contributed by atoms with E-state index in [-0.39, 0.29) is 24.0 Å². The molecule has 0 radical (unpaired) electrons. The van der Waals surface area contributed by atoms with E-state index < -0.39 is 6.61 Å². The van der Waals surface area contributed by atoms with Crippen LogP contribution in [-0.4, -0.2) is 26.7 Å². The van der Waals surface area contributed by atoms with Crippen molar-refractivity contribution in [3.8, 4) is 11.5 Å². The minimum Gasteiger partial charge on any atom is -0.493 e. The van der Waals surface area contributed by atoms with Gasteiger partial charge in [-0.25, -0.2) is 0 Å². The second-order valence-electron chi connectivity index (χ2n) is 5.18. The van der Waals surface area contributed by atoms with Crippen LogP contribution < -0.4 is 14.8 Å². The topological polar surface area (TPSA) is 56.8 Å². The number of carbonyl (C=O) groups is 1. The molecule has 0 unspecified atom stereocenters. The van der Waals surface area contributed by atoms with Gasteiger partial charge in [-0.3, -0.25) is 4.79 Å². The predicted molar refractivity (Wildman–Crippen MR) is 88.0 cm³/mol. The molecule has 1 amide bonds. The van der Waals surface area contributed by atoms with Crippen molar-refractivity contribution in [2.75, 3.05) is 14.2 Å². The highest BCUT2D eigenvalue weighted by atomic mass is 19.3. The molecule has 0 aliphatic rings. The summed E-state index contributed by atoms with van der Waals surface area (Å²) in [4.78, 5) is 12.2. The summed E-state index contributed by atoms with van der Waals surface area (Å²) in [5, 5.41) is 2.73. The largest absolute Gasteiger partial charge is 0.493 e. The molecule has 1 N–H and O–H groups in total. The van der Waals surface area contributed by atoms with Crippen molar-refractivity contribution in [1.82, 2.24) is 5.32 Å². The Morgan fingerprint density at radius 1 is 1.04 bits per heavy atom. The Hall–Kier alpha value is -2.67. The van der Waals surface area contributed by atoms with E-state index >= 15 is 0 Å². The monoisotopic (exact) mass is 351 g/mol. The first-order valence-corrected chi connectivity index (χ1v) is 7.51. The molecule has 134 valence electrons. The SMILES string of the molecule is COCc1ccc(C(=O)NCc2ccc(OC)c(OC(F)F)c2)cc1. The van der Waals surface area contributed by atoms with E-state index in [1.165, 1.54) is 19.2 Å². The van der Waals surface area contributed by atoms with Gasteiger partial charge in [-0.1, -0.05) is 18.2 Å². The van der Waals surface area contributed by atoms with Gasteiger partial charge in [-0.15, -0.1) is 0 Å². The number of methoxy groups -OCH3 is 2. The Kier molecular flexibility index (Phi) is 6.71. The van der Waals surface area contributed by atoms with E-state index in [1.807, 2.05) is 0 Å². The van der Waals surface area contributed by atoms with E-state index in [9.17, 15) is 13.6 Å². The molecule has 0 bridgehead atoms. The highest BCUT2D eigenvalue weighted by molar-refractivity contribution is 5.94. The summed E-state index contributed by atoms with van der Waals surface area (Å²) in [5.41, 5.74) is 2.07. The summed E-state index contributed by atoms with van der Waals surface area (Å²) in [7, 11) is 2.96. The lowest BCUT2D eigenvalue weighted by molar-refractivity contribution is -0.0512. The molecule has 2 rings (SSSR count). The number of hydrogen-bond acceptors (Lipinski definition) is 4. The number of nitrogens with one attached hydrogen (secondary N) is 1. The van der Waals surface area contributed by atoms with Crippen molar-refractivity contribution >= 4 is 5.91 Å². The van der Waals surface area contributed by atoms with Crippen LogP contribution in [0.4, 0.5) is 8.78 Å². The molecule has 0 spiro atoms. The molecule has 2 aromatic rings. The molecular formula is C18H19F2NO4. The van der Waals surface area contributed by atoms with Gasteiger partial charge < -0.3 is 19.5 Å². The fourth-order valence-corrected chi connectivity index (χ4v) is 2.22. The van der Waals surface area contributed by atoms with Crippen molar-refractivity contribution in [3.05, 3.63) is 59.2 Å². The van der Waals surface area contributed by atoms with Gasteiger partial charge >= 0.3 is 6.61 Å². The number of carbonyl (C=O) groups excluding carboxylic acids is 1. The lowest BCUT2D eigenvalue weighted by Crippen LogP contribution is -2.22. The predicted octanol–water partition coefficient (Wildman–Crippen LogP) is 3.37. The van der Waals surface area contributed by atoms with E-state index in [0.717, 1.165) is 5.56 Å². The number of ether oxygens (including phenoxy) is 3. The van der Waals surface area contributed by atoms with E-state index in [0.29, 0.717) is 17.7 Å². The van der Waals surface area contributed by atoms with Gasteiger partial charge in [-0.05, 0) is 35.4 Å². The van der Waals surface area contributed by atoms with Gasteiger partial charge in [0.2, 0.25) is 0 Å². The molecule has 2 aromatic carbocycles. The Morgan fingerprint density at radius 3 is 2.32 bits per heavy atom. The molecule has 0 atom stereocenters. The third kappa shape index (κ3) is 5.42. The van der Waals surface area contributed by atoms with Crippen molar-refractivity contribution < 1.29 is 27.8 Å². The maximum Gasteiger partial charge on any atom is 0.387 e. The molecule has 0 aromatic heterocycles. The van der Waals surface area contributed by atoms with Gasteiger partial charge in [0, 0.05) is 19.2 Å². The van der Waals surface area contributed by atoms with Crippen LogP contribution in [0.1, 0.15) is 21.5 Å². The maximum absolute atomic E-state index is 12.4. The molecule has 0 aliphatic heterocycles. The lowest BCUT2D eigenvalue weighted by Gasteiger charge is -2.12. The van der Waals surface area contributed by atoms with Gasteiger partial charge in [0.05, 0.1) is 13.7 Å². The van der Waals surface area contributed by atoms with E-state index in [2.05, 4.69) is 10.1 Å². The average molecular weight is 351 g/mol. The van der Waals surface area contributed by atoms with E-state index in [1.54, 1.807) is 37.4 Å². The van der Waals surface area contributed by atoms with Gasteiger partial charge in [0.15, 0.2) is 11.5 Å². The lowest BCUT2D eigenvalue weighted by atomic mass is 10.1. The number of halogens is 2. The number of rotatable bonds is 8. The molecule has 5 nitrogen and oxygen atoms in total. The second-order valence-corrected chi connectivity index (χ2v) is 5.18. The van der Waals surface area contributed by atoms with Gasteiger partial charge in [0.1, 0.15) is 0 Å². The quantitative estimate of drug-likeness (QED) is 0.792. The Labute approximate surface area is 144 Å². The summed E-state index contributed by atoms with van der Waals surface area (Å²) in [6.45, 7) is -2.31. The molecule has 0 fully saturated rings. The van der Waals surface area contributed by atoms with Crippen LogP contribution in [-0.2, 0) is 17.9 Å². The summed E-state index contributed by atoms with van der Waals surface area (Å²) >= 11 is 0.